The van der Waals surface area contributed by atoms with Crippen LogP contribution in [0.4, 0.5) is 26.4 Å². The Morgan fingerprint density at radius 1 is 1.09 bits per heavy atom. The minimum absolute atomic E-state index is 0.144. The third-order valence-corrected chi connectivity index (χ3v) is 5.79. The first-order valence-corrected chi connectivity index (χ1v) is 10.6. The summed E-state index contributed by atoms with van der Waals surface area (Å²) in [6, 6.07) is 15.5. The van der Waals surface area contributed by atoms with Gasteiger partial charge in [-0.05, 0) is 48.7 Å². The Balaban J connectivity index is 1.30. The number of amides is 2. The van der Waals surface area contributed by atoms with Gasteiger partial charge in [0.25, 0.3) is 0 Å². The highest BCUT2D eigenvalue weighted by Crippen LogP contribution is 2.32. The van der Waals surface area contributed by atoms with E-state index in [2.05, 4.69) is 36.6 Å². The molecule has 5 rings (SSSR count). The van der Waals surface area contributed by atoms with E-state index in [4.69, 9.17) is 0 Å². The van der Waals surface area contributed by atoms with Crippen molar-refractivity contribution >= 4 is 34.3 Å². The number of urea groups is 1. The molecule has 1 saturated heterocycles. The van der Waals surface area contributed by atoms with Gasteiger partial charge in [-0.1, -0.05) is 24.3 Å². The molecule has 1 atom stereocenters. The Morgan fingerprint density at radius 3 is 2.91 bits per heavy atom. The molecule has 7 nitrogen and oxygen atoms in total. The molecule has 1 aliphatic heterocycles. The molecule has 2 aromatic carbocycles. The van der Waals surface area contributed by atoms with Crippen molar-refractivity contribution in [1.29, 1.82) is 0 Å². The lowest BCUT2D eigenvalue weighted by Gasteiger charge is -2.34. The van der Waals surface area contributed by atoms with Crippen LogP contribution in [-0.2, 0) is 0 Å². The van der Waals surface area contributed by atoms with Crippen LogP contribution < -0.4 is 15.5 Å². The maximum Gasteiger partial charge on any atom is 0.323 e. The van der Waals surface area contributed by atoms with Crippen LogP contribution in [0.5, 0.6) is 0 Å². The lowest BCUT2D eigenvalue weighted by Crippen LogP contribution is -2.35. The lowest BCUT2D eigenvalue weighted by atomic mass is 9.90. The summed E-state index contributed by atoms with van der Waals surface area (Å²) in [6.45, 7) is 1.78. The number of carbonyl (C=O) groups excluding carboxylic acids is 1. The molecule has 1 fully saturated rings. The number of carbonyl (C=O) groups is 1. The predicted molar refractivity (Wildman–Crippen MR) is 124 cm³/mol. The summed E-state index contributed by atoms with van der Waals surface area (Å²) in [5.74, 6) is 0.781. The van der Waals surface area contributed by atoms with Gasteiger partial charge in [-0.25, -0.2) is 19.2 Å². The van der Waals surface area contributed by atoms with Crippen molar-refractivity contribution in [2.24, 2.45) is 0 Å². The van der Waals surface area contributed by atoms with E-state index in [1.807, 2.05) is 30.5 Å². The van der Waals surface area contributed by atoms with Gasteiger partial charge in [0.1, 0.15) is 23.6 Å². The zero-order valence-electron chi connectivity index (χ0n) is 17.4. The van der Waals surface area contributed by atoms with Crippen LogP contribution in [0.3, 0.4) is 0 Å². The Labute approximate surface area is 184 Å². The number of H-pyrrole nitrogens is 1. The molecule has 3 heterocycles. The highest BCUT2D eigenvalue weighted by atomic mass is 19.1. The number of anilines is 3. The number of piperidine rings is 1. The third-order valence-electron chi connectivity index (χ3n) is 5.79. The second-order valence-electron chi connectivity index (χ2n) is 7.91. The quantitative estimate of drug-likeness (QED) is 0.419. The standard InChI is InChI=1S/C24H23FN6O/c25-20-8-1-2-9-21(20)30-24(32)29-18-7-3-5-16(13-18)17-6-4-12-31(14-17)23-19-10-11-26-22(19)27-15-28-23/h1-3,5,7-11,13,15,17H,4,6,12,14H2,(H,26,27,28)(H2,29,30,32). The molecule has 0 saturated carbocycles. The van der Waals surface area contributed by atoms with Crippen molar-refractivity contribution in [3.8, 4) is 0 Å². The van der Waals surface area contributed by atoms with Gasteiger partial charge in [-0.2, -0.15) is 0 Å². The van der Waals surface area contributed by atoms with Crippen molar-refractivity contribution in [2.45, 2.75) is 18.8 Å². The summed E-state index contributed by atoms with van der Waals surface area (Å²) >= 11 is 0. The summed E-state index contributed by atoms with van der Waals surface area (Å²) in [7, 11) is 0. The average Bonchev–Trinajstić information content (AvgIpc) is 3.30. The van der Waals surface area contributed by atoms with E-state index in [0.717, 1.165) is 48.3 Å². The van der Waals surface area contributed by atoms with Gasteiger partial charge in [0.05, 0.1) is 11.1 Å². The average molecular weight is 430 g/mol. The van der Waals surface area contributed by atoms with E-state index in [-0.39, 0.29) is 5.69 Å². The summed E-state index contributed by atoms with van der Waals surface area (Å²) < 4.78 is 13.8. The highest BCUT2D eigenvalue weighted by molar-refractivity contribution is 5.99. The topological polar surface area (TPSA) is 85.9 Å². The predicted octanol–water partition coefficient (Wildman–Crippen LogP) is 5.13. The summed E-state index contributed by atoms with van der Waals surface area (Å²) in [6.07, 6.45) is 5.58. The van der Waals surface area contributed by atoms with E-state index in [1.54, 1.807) is 18.5 Å². The minimum atomic E-state index is -0.478. The van der Waals surface area contributed by atoms with E-state index >= 15 is 0 Å². The third kappa shape index (κ3) is 4.12. The maximum absolute atomic E-state index is 13.8. The second-order valence-corrected chi connectivity index (χ2v) is 7.91. The first-order valence-electron chi connectivity index (χ1n) is 10.6. The van der Waals surface area contributed by atoms with E-state index in [9.17, 15) is 9.18 Å². The van der Waals surface area contributed by atoms with Gasteiger partial charge in [0.15, 0.2) is 0 Å². The minimum Gasteiger partial charge on any atom is -0.355 e. The number of nitrogens with one attached hydrogen (secondary N) is 3. The van der Waals surface area contributed by atoms with Crippen molar-refractivity contribution in [2.75, 3.05) is 28.6 Å². The second kappa shape index (κ2) is 8.66. The van der Waals surface area contributed by atoms with Gasteiger partial charge in [0.2, 0.25) is 0 Å². The molecule has 1 unspecified atom stereocenters. The lowest BCUT2D eigenvalue weighted by molar-refractivity contribution is 0.262. The molecule has 0 spiro atoms. The molecule has 32 heavy (non-hydrogen) atoms. The number of nitrogens with zero attached hydrogens (tertiary/aromatic N) is 3. The SMILES string of the molecule is O=C(Nc1cccc(C2CCCN(c3ncnc4[nH]ccc34)C2)c1)Nc1ccccc1F. The van der Waals surface area contributed by atoms with Crippen LogP contribution in [0, 0.1) is 5.82 Å². The van der Waals surface area contributed by atoms with E-state index in [0.29, 0.717) is 11.6 Å². The molecule has 0 bridgehead atoms. The molecule has 1 aliphatic rings. The fourth-order valence-electron chi connectivity index (χ4n) is 4.27. The molecule has 2 amide bonds. The molecule has 0 aliphatic carbocycles. The van der Waals surface area contributed by atoms with E-state index in [1.165, 1.54) is 12.1 Å². The Morgan fingerprint density at radius 2 is 2.00 bits per heavy atom. The molecule has 8 heteroatoms. The monoisotopic (exact) mass is 430 g/mol. The first-order chi connectivity index (χ1) is 15.7. The number of aromatic amines is 1. The Bertz CT molecular complexity index is 1260. The smallest absolute Gasteiger partial charge is 0.323 e. The van der Waals surface area contributed by atoms with Crippen molar-refractivity contribution < 1.29 is 9.18 Å². The number of para-hydroxylation sites is 1. The number of rotatable bonds is 4. The van der Waals surface area contributed by atoms with Gasteiger partial charge < -0.3 is 20.5 Å². The zero-order valence-corrected chi connectivity index (χ0v) is 17.4. The van der Waals surface area contributed by atoms with Crippen LogP contribution in [0.1, 0.15) is 24.3 Å². The summed E-state index contributed by atoms with van der Waals surface area (Å²) in [4.78, 5) is 26.6. The van der Waals surface area contributed by atoms with Crippen molar-refractivity contribution in [1.82, 2.24) is 15.0 Å². The van der Waals surface area contributed by atoms with Gasteiger partial charge >= 0.3 is 6.03 Å². The summed E-state index contributed by atoms with van der Waals surface area (Å²) in [5.41, 5.74) is 2.80. The number of hydrogen-bond donors (Lipinski definition) is 3. The highest BCUT2D eigenvalue weighted by Gasteiger charge is 2.24. The molecule has 3 N–H and O–H groups in total. The van der Waals surface area contributed by atoms with Crippen molar-refractivity contribution in [3.05, 3.63) is 78.5 Å². The van der Waals surface area contributed by atoms with Crippen LogP contribution in [0.25, 0.3) is 11.0 Å². The number of benzene rings is 2. The Kier molecular flexibility index (Phi) is 5.41. The normalized spacial score (nSPS) is 16.2. The number of hydrogen-bond acceptors (Lipinski definition) is 4. The first kappa shape index (κ1) is 20.0. The van der Waals surface area contributed by atoms with Gasteiger partial charge in [-0.3, -0.25) is 0 Å². The largest absolute Gasteiger partial charge is 0.355 e. The molecular formula is C24H23FN6O. The van der Waals surface area contributed by atoms with Crippen LogP contribution in [0.15, 0.2) is 67.1 Å². The number of aromatic nitrogens is 3. The molecule has 4 aromatic rings. The van der Waals surface area contributed by atoms with E-state index < -0.39 is 11.8 Å². The molecule has 2 aromatic heterocycles. The van der Waals surface area contributed by atoms with Gasteiger partial charge in [-0.15, -0.1) is 0 Å². The van der Waals surface area contributed by atoms with Crippen LogP contribution >= 0.6 is 0 Å². The summed E-state index contributed by atoms with van der Waals surface area (Å²) in [5, 5.41) is 6.38. The Hall–Kier alpha value is -3.94. The maximum atomic E-state index is 13.8. The van der Waals surface area contributed by atoms with Gasteiger partial charge in [0, 0.05) is 30.9 Å². The fraction of sp³-hybridized carbons (Fsp3) is 0.208. The molecule has 162 valence electrons. The number of halogens is 1. The molecular weight excluding hydrogens is 407 g/mol. The molecule has 0 radical (unpaired) electrons. The van der Waals surface area contributed by atoms with Crippen LogP contribution in [0.2, 0.25) is 0 Å². The van der Waals surface area contributed by atoms with Crippen LogP contribution in [-0.4, -0.2) is 34.1 Å². The number of fused-ring (bicyclic) bond motifs is 1. The fourth-order valence-corrected chi connectivity index (χ4v) is 4.27. The van der Waals surface area contributed by atoms with Crippen molar-refractivity contribution in [3.63, 3.8) is 0 Å². The zero-order chi connectivity index (χ0) is 21.9.